The number of nitrogens with two attached hydrogens (primary N) is 1. The van der Waals surface area contributed by atoms with Crippen molar-refractivity contribution in [3.63, 3.8) is 0 Å². The van der Waals surface area contributed by atoms with Crippen molar-refractivity contribution in [2.45, 2.75) is 50.7 Å². The van der Waals surface area contributed by atoms with Gasteiger partial charge in [-0.15, -0.1) is 0 Å². The number of amides is 1. The molecule has 2 fully saturated rings. The van der Waals surface area contributed by atoms with Crippen LogP contribution in [-0.2, 0) is 11.0 Å². The number of carbonyl (C=O) groups is 1. The number of hydrogen-bond acceptors (Lipinski definition) is 3. The SMILES string of the molecule is N[C@@H]1CCC[C@H]1CC(=O)Nc1cc(C(F)(F)F)ccc1N1CCCC1. The number of hydrogen-bond donors (Lipinski definition) is 2. The van der Waals surface area contributed by atoms with Crippen LogP contribution in [0.5, 0.6) is 0 Å². The Hall–Kier alpha value is -1.76. The molecule has 3 N–H and O–H groups in total. The monoisotopic (exact) mass is 355 g/mol. The molecule has 1 aromatic carbocycles. The Kier molecular flexibility index (Phi) is 5.22. The Morgan fingerprint density at radius 2 is 1.92 bits per heavy atom. The summed E-state index contributed by atoms with van der Waals surface area (Å²) in [5.41, 5.74) is 6.15. The average molecular weight is 355 g/mol. The first kappa shape index (κ1) is 18.0. The molecule has 3 rings (SSSR count). The number of anilines is 2. The second kappa shape index (κ2) is 7.23. The molecular formula is C18H24F3N3O. The third-order valence-corrected chi connectivity index (χ3v) is 5.21. The zero-order valence-electron chi connectivity index (χ0n) is 14.1. The molecule has 1 aliphatic heterocycles. The van der Waals surface area contributed by atoms with Crippen LogP contribution in [0, 0.1) is 5.92 Å². The predicted molar refractivity (Wildman–Crippen MR) is 91.5 cm³/mol. The molecule has 0 aromatic heterocycles. The molecular weight excluding hydrogens is 331 g/mol. The van der Waals surface area contributed by atoms with Gasteiger partial charge in [0.05, 0.1) is 16.9 Å². The van der Waals surface area contributed by atoms with Crippen molar-refractivity contribution in [2.75, 3.05) is 23.3 Å². The van der Waals surface area contributed by atoms with E-state index in [2.05, 4.69) is 5.32 Å². The summed E-state index contributed by atoms with van der Waals surface area (Å²) in [4.78, 5) is 14.4. The molecule has 1 amide bonds. The zero-order valence-corrected chi connectivity index (χ0v) is 14.1. The standard InChI is InChI=1S/C18H24F3N3O/c19-18(20,21)13-6-7-16(24-8-1-2-9-24)15(11-13)23-17(25)10-12-4-3-5-14(12)22/h6-7,11-12,14H,1-5,8-10,22H2,(H,23,25)/t12-,14+/m0/s1. The summed E-state index contributed by atoms with van der Waals surface area (Å²) in [5.74, 6) is -0.150. The number of rotatable bonds is 4. The molecule has 0 unspecified atom stereocenters. The van der Waals surface area contributed by atoms with Gasteiger partial charge in [0.1, 0.15) is 0 Å². The Labute approximate surface area is 145 Å². The van der Waals surface area contributed by atoms with Crippen molar-refractivity contribution < 1.29 is 18.0 Å². The van der Waals surface area contributed by atoms with E-state index in [1.165, 1.54) is 6.07 Å². The fourth-order valence-electron chi connectivity index (χ4n) is 3.80. The van der Waals surface area contributed by atoms with E-state index in [1.54, 1.807) is 0 Å². The van der Waals surface area contributed by atoms with Crippen LogP contribution in [-0.4, -0.2) is 25.0 Å². The molecule has 0 bridgehead atoms. The lowest BCUT2D eigenvalue weighted by Crippen LogP contribution is -2.29. The third kappa shape index (κ3) is 4.26. The number of benzene rings is 1. The molecule has 25 heavy (non-hydrogen) atoms. The van der Waals surface area contributed by atoms with Crippen molar-refractivity contribution in [2.24, 2.45) is 11.7 Å². The molecule has 4 nitrogen and oxygen atoms in total. The van der Waals surface area contributed by atoms with Crippen molar-refractivity contribution >= 4 is 17.3 Å². The fourth-order valence-corrected chi connectivity index (χ4v) is 3.80. The van der Waals surface area contributed by atoms with Gasteiger partial charge in [0.15, 0.2) is 0 Å². The molecule has 7 heteroatoms. The molecule has 1 saturated carbocycles. The highest BCUT2D eigenvalue weighted by Crippen LogP contribution is 2.37. The van der Waals surface area contributed by atoms with Crippen LogP contribution in [0.25, 0.3) is 0 Å². The lowest BCUT2D eigenvalue weighted by molar-refractivity contribution is -0.137. The van der Waals surface area contributed by atoms with Gasteiger partial charge in [0.25, 0.3) is 0 Å². The summed E-state index contributed by atoms with van der Waals surface area (Å²) in [5, 5.41) is 2.71. The molecule has 0 spiro atoms. The maximum Gasteiger partial charge on any atom is 0.416 e. The van der Waals surface area contributed by atoms with E-state index in [-0.39, 0.29) is 30.0 Å². The molecule has 2 atom stereocenters. The molecule has 138 valence electrons. The second-order valence-corrected chi connectivity index (χ2v) is 7.03. The lowest BCUT2D eigenvalue weighted by atomic mass is 10.00. The van der Waals surface area contributed by atoms with Crippen LogP contribution in [0.4, 0.5) is 24.5 Å². The van der Waals surface area contributed by atoms with Crippen molar-refractivity contribution in [1.82, 2.24) is 0 Å². The number of nitrogens with one attached hydrogen (secondary N) is 1. The molecule has 1 aliphatic carbocycles. The minimum Gasteiger partial charge on any atom is -0.370 e. The van der Waals surface area contributed by atoms with E-state index < -0.39 is 11.7 Å². The van der Waals surface area contributed by atoms with Gasteiger partial charge in [0, 0.05) is 25.6 Å². The fraction of sp³-hybridized carbons (Fsp3) is 0.611. The van der Waals surface area contributed by atoms with Gasteiger partial charge in [0.2, 0.25) is 5.91 Å². The maximum absolute atomic E-state index is 13.1. The van der Waals surface area contributed by atoms with E-state index in [9.17, 15) is 18.0 Å². The summed E-state index contributed by atoms with van der Waals surface area (Å²) in [6.45, 7) is 1.59. The van der Waals surface area contributed by atoms with E-state index in [0.29, 0.717) is 5.69 Å². The van der Waals surface area contributed by atoms with Gasteiger partial charge in [-0.2, -0.15) is 13.2 Å². The van der Waals surface area contributed by atoms with Gasteiger partial charge >= 0.3 is 6.18 Å². The first-order chi connectivity index (χ1) is 11.8. The summed E-state index contributed by atoms with van der Waals surface area (Å²) >= 11 is 0. The van der Waals surface area contributed by atoms with Crippen molar-refractivity contribution in [3.05, 3.63) is 23.8 Å². The normalized spacial score (nSPS) is 23.9. The average Bonchev–Trinajstić information content (AvgIpc) is 3.19. The maximum atomic E-state index is 13.1. The van der Waals surface area contributed by atoms with Gasteiger partial charge in [-0.1, -0.05) is 6.42 Å². The minimum absolute atomic E-state index is 0.00492. The Bertz CT molecular complexity index is 626. The van der Waals surface area contributed by atoms with E-state index >= 15 is 0 Å². The number of alkyl halides is 3. The molecule has 0 radical (unpaired) electrons. The Balaban J connectivity index is 1.79. The first-order valence-electron chi connectivity index (χ1n) is 8.86. The third-order valence-electron chi connectivity index (χ3n) is 5.21. The van der Waals surface area contributed by atoms with E-state index in [4.69, 9.17) is 5.73 Å². The molecule has 1 heterocycles. The second-order valence-electron chi connectivity index (χ2n) is 7.03. The summed E-state index contributed by atoms with van der Waals surface area (Å²) in [6, 6.07) is 3.59. The number of halogens is 3. The summed E-state index contributed by atoms with van der Waals surface area (Å²) in [7, 11) is 0. The van der Waals surface area contributed by atoms with Gasteiger partial charge in [-0.3, -0.25) is 4.79 Å². The highest BCUT2D eigenvalue weighted by molar-refractivity contribution is 5.94. The lowest BCUT2D eigenvalue weighted by Gasteiger charge is -2.23. The topological polar surface area (TPSA) is 58.4 Å². The van der Waals surface area contributed by atoms with E-state index in [0.717, 1.165) is 57.3 Å². The smallest absolute Gasteiger partial charge is 0.370 e. The van der Waals surface area contributed by atoms with Crippen LogP contribution >= 0.6 is 0 Å². The van der Waals surface area contributed by atoms with Crippen LogP contribution < -0.4 is 16.0 Å². The molecule has 1 aromatic rings. The first-order valence-corrected chi connectivity index (χ1v) is 8.86. The minimum atomic E-state index is -4.43. The number of nitrogens with zero attached hydrogens (tertiary/aromatic N) is 1. The van der Waals surface area contributed by atoms with Crippen LogP contribution in [0.2, 0.25) is 0 Å². The molecule has 1 saturated heterocycles. The van der Waals surface area contributed by atoms with Crippen LogP contribution in [0.15, 0.2) is 18.2 Å². The van der Waals surface area contributed by atoms with Crippen molar-refractivity contribution in [3.8, 4) is 0 Å². The molecule has 2 aliphatic rings. The number of carbonyl (C=O) groups excluding carboxylic acids is 1. The highest BCUT2D eigenvalue weighted by Gasteiger charge is 2.32. The Morgan fingerprint density at radius 3 is 2.52 bits per heavy atom. The van der Waals surface area contributed by atoms with Crippen LogP contribution in [0.1, 0.15) is 44.1 Å². The summed E-state index contributed by atoms with van der Waals surface area (Å²) in [6.07, 6.45) is 0.642. The van der Waals surface area contributed by atoms with Crippen molar-refractivity contribution in [1.29, 1.82) is 0 Å². The summed E-state index contributed by atoms with van der Waals surface area (Å²) < 4.78 is 39.2. The van der Waals surface area contributed by atoms with Gasteiger partial charge < -0.3 is 16.0 Å². The van der Waals surface area contributed by atoms with Gasteiger partial charge in [-0.05, 0) is 49.8 Å². The quantitative estimate of drug-likeness (QED) is 0.865. The van der Waals surface area contributed by atoms with Gasteiger partial charge in [-0.25, -0.2) is 0 Å². The largest absolute Gasteiger partial charge is 0.416 e. The highest BCUT2D eigenvalue weighted by atomic mass is 19.4. The predicted octanol–water partition coefficient (Wildman–Crippen LogP) is 3.76. The van der Waals surface area contributed by atoms with Crippen LogP contribution in [0.3, 0.4) is 0 Å². The van der Waals surface area contributed by atoms with E-state index in [1.807, 2.05) is 4.90 Å². The Morgan fingerprint density at radius 1 is 1.20 bits per heavy atom. The zero-order chi connectivity index (χ0) is 18.0.